The first-order valence-electron chi connectivity index (χ1n) is 8.84. The fraction of sp³-hybridized carbons (Fsp3) is 0.550. The quantitative estimate of drug-likeness (QED) is 0.604. The summed E-state index contributed by atoms with van der Waals surface area (Å²) in [4.78, 5) is 6.47. The maximum Gasteiger partial charge on any atom is 0.394 e. The highest BCUT2D eigenvalue weighted by molar-refractivity contribution is 6.37. The van der Waals surface area contributed by atoms with E-state index in [0.717, 1.165) is 29.8 Å². The first-order valence-corrected chi connectivity index (χ1v) is 9.22. The van der Waals surface area contributed by atoms with Crippen LogP contribution in [0.5, 0.6) is 0 Å². The summed E-state index contributed by atoms with van der Waals surface area (Å²) in [5.74, 6) is 0.142. The van der Waals surface area contributed by atoms with Crippen molar-refractivity contribution in [3.05, 3.63) is 46.4 Å². The summed E-state index contributed by atoms with van der Waals surface area (Å²) in [5, 5.41) is 0.654. The van der Waals surface area contributed by atoms with Crippen LogP contribution in [0.3, 0.4) is 0 Å². The fourth-order valence-corrected chi connectivity index (χ4v) is 3.11. The molecule has 6 heteroatoms. The Hall–Kier alpha value is -1.49. The van der Waals surface area contributed by atoms with Gasteiger partial charge in [0.2, 0.25) is 0 Å². The first-order chi connectivity index (χ1) is 12.0. The van der Waals surface area contributed by atoms with Crippen molar-refractivity contribution in [2.24, 2.45) is 5.41 Å². The van der Waals surface area contributed by atoms with Gasteiger partial charge in [0.25, 0.3) is 0 Å². The molecular weight excluding hydrogens is 361 g/mol. The van der Waals surface area contributed by atoms with Crippen molar-refractivity contribution in [3.63, 3.8) is 0 Å². The summed E-state index contributed by atoms with van der Waals surface area (Å²) in [5.41, 5.74) is 1.34. The number of likely N-dealkylation sites (N-methyl/N-ethyl adjacent to an activating group) is 1. The Bertz CT molecular complexity index is 718. The topological polar surface area (TPSA) is 16.1 Å². The Kier molecular flexibility index (Phi) is 6.11. The number of aromatic nitrogens is 1. The molecule has 144 valence electrons. The Balaban J connectivity index is 2.45. The molecule has 26 heavy (non-hydrogen) atoms. The van der Waals surface area contributed by atoms with Crippen molar-refractivity contribution in [3.8, 4) is 0 Å². The SMILES string of the molecule is CCN1C=C(c2cnc(CC(C)(C)C(F)(F)F)cc2C(C)C)C(Cl)=CC1. The lowest BCUT2D eigenvalue weighted by molar-refractivity contribution is -0.211. The Morgan fingerprint density at radius 1 is 1.27 bits per heavy atom. The number of nitrogens with zero attached hydrogens (tertiary/aromatic N) is 2. The van der Waals surface area contributed by atoms with E-state index in [1.54, 1.807) is 12.3 Å². The second-order valence-corrected chi connectivity index (χ2v) is 8.07. The molecule has 0 atom stereocenters. The lowest BCUT2D eigenvalue weighted by atomic mass is 9.85. The lowest BCUT2D eigenvalue weighted by Gasteiger charge is -2.28. The molecule has 0 amide bonds. The van der Waals surface area contributed by atoms with E-state index in [0.29, 0.717) is 10.7 Å². The minimum Gasteiger partial charge on any atom is -0.373 e. The maximum atomic E-state index is 13.2. The van der Waals surface area contributed by atoms with Crippen LogP contribution in [0, 0.1) is 5.41 Å². The third kappa shape index (κ3) is 4.43. The summed E-state index contributed by atoms with van der Waals surface area (Å²) in [6.45, 7) is 10.1. The van der Waals surface area contributed by atoms with Crippen molar-refractivity contribution in [1.29, 1.82) is 0 Å². The van der Waals surface area contributed by atoms with Gasteiger partial charge in [-0.3, -0.25) is 4.98 Å². The second-order valence-electron chi connectivity index (χ2n) is 7.66. The molecule has 0 N–H and O–H groups in total. The van der Waals surface area contributed by atoms with E-state index in [-0.39, 0.29) is 12.3 Å². The van der Waals surface area contributed by atoms with Gasteiger partial charge in [-0.2, -0.15) is 13.2 Å². The van der Waals surface area contributed by atoms with Crippen molar-refractivity contribution in [2.75, 3.05) is 13.1 Å². The number of rotatable bonds is 5. The zero-order valence-corrected chi connectivity index (χ0v) is 16.7. The smallest absolute Gasteiger partial charge is 0.373 e. The zero-order valence-electron chi connectivity index (χ0n) is 15.9. The molecule has 2 heterocycles. The standard InChI is InChI=1S/C20H26ClF3N2/c1-6-26-8-7-18(21)17(12-26)16-11-25-14(9-15(16)13(2)3)10-19(4,5)20(22,23)24/h7,9,11-13H,6,8,10H2,1-5H3. The molecule has 1 aliphatic rings. The van der Waals surface area contributed by atoms with Crippen molar-refractivity contribution >= 4 is 17.2 Å². The molecule has 0 aromatic carbocycles. The molecule has 1 aromatic heterocycles. The van der Waals surface area contributed by atoms with Crippen LogP contribution in [0.1, 0.15) is 57.4 Å². The Morgan fingerprint density at radius 2 is 1.92 bits per heavy atom. The van der Waals surface area contributed by atoms with E-state index in [1.165, 1.54) is 13.8 Å². The van der Waals surface area contributed by atoms with Crippen LogP contribution in [0.15, 0.2) is 29.6 Å². The molecule has 0 unspecified atom stereocenters. The number of hydrogen-bond acceptors (Lipinski definition) is 2. The average Bonchev–Trinajstić information content (AvgIpc) is 2.54. The van der Waals surface area contributed by atoms with E-state index in [9.17, 15) is 13.2 Å². The van der Waals surface area contributed by atoms with Gasteiger partial charge >= 0.3 is 6.18 Å². The second kappa shape index (κ2) is 7.63. The molecule has 1 aliphatic heterocycles. The summed E-state index contributed by atoms with van der Waals surface area (Å²) in [7, 11) is 0. The summed E-state index contributed by atoms with van der Waals surface area (Å²) in [6, 6.07) is 1.80. The van der Waals surface area contributed by atoms with Crippen LogP contribution in [0.25, 0.3) is 5.57 Å². The van der Waals surface area contributed by atoms with Crippen LogP contribution in [0.4, 0.5) is 13.2 Å². The number of pyridine rings is 1. The minimum atomic E-state index is -4.27. The monoisotopic (exact) mass is 386 g/mol. The number of alkyl halides is 3. The Morgan fingerprint density at radius 3 is 2.46 bits per heavy atom. The molecule has 0 radical (unpaired) electrons. The average molecular weight is 387 g/mol. The van der Waals surface area contributed by atoms with Crippen LogP contribution in [-0.4, -0.2) is 29.1 Å². The molecular formula is C20H26ClF3N2. The van der Waals surface area contributed by atoms with Crippen LogP contribution >= 0.6 is 11.6 Å². The van der Waals surface area contributed by atoms with E-state index in [1.807, 2.05) is 26.1 Å². The highest BCUT2D eigenvalue weighted by atomic mass is 35.5. The van der Waals surface area contributed by atoms with Gasteiger partial charge in [-0.1, -0.05) is 39.3 Å². The predicted octanol–water partition coefficient (Wildman–Crippen LogP) is 6.14. The third-order valence-corrected chi connectivity index (χ3v) is 5.13. The summed E-state index contributed by atoms with van der Waals surface area (Å²) in [6.07, 6.45) is 1.19. The third-order valence-electron chi connectivity index (χ3n) is 4.78. The summed E-state index contributed by atoms with van der Waals surface area (Å²) >= 11 is 6.41. The lowest BCUT2D eigenvalue weighted by Crippen LogP contribution is -2.34. The van der Waals surface area contributed by atoms with Gasteiger partial charge < -0.3 is 4.90 Å². The zero-order chi connectivity index (χ0) is 19.7. The molecule has 2 rings (SSSR count). The first kappa shape index (κ1) is 20.8. The van der Waals surface area contributed by atoms with Gasteiger partial charge in [-0.25, -0.2) is 0 Å². The van der Waals surface area contributed by atoms with Gasteiger partial charge in [-0.05, 0) is 30.5 Å². The summed E-state index contributed by atoms with van der Waals surface area (Å²) < 4.78 is 39.6. The highest BCUT2D eigenvalue weighted by Crippen LogP contribution is 2.41. The highest BCUT2D eigenvalue weighted by Gasteiger charge is 2.47. The molecule has 0 bridgehead atoms. The molecule has 0 saturated carbocycles. The minimum absolute atomic E-state index is 0.142. The van der Waals surface area contributed by atoms with Crippen LogP contribution in [-0.2, 0) is 6.42 Å². The molecule has 2 nitrogen and oxygen atoms in total. The van der Waals surface area contributed by atoms with Crippen LogP contribution in [0.2, 0.25) is 0 Å². The van der Waals surface area contributed by atoms with Crippen LogP contribution < -0.4 is 0 Å². The normalized spacial score (nSPS) is 16.0. The Labute approximate surface area is 158 Å². The van der Waals surface area contributed by atoms with Gasteiger partial charge in [0.1, 0.15) is 0 Å². The van der Waals surface area contributed by atoms with E-state index < -0.39 is 11.6 Å². The van der Waals surface area contributed by atoms with Crippen molar-refractivity contribution in [2.45, 2.75) is 53.1 Å². The number of halogens is 4. The van der Waals surface area contributed by atoms with E-state index in [2.05, 4.69) is 16.8 Å². The molecule has 0 fully saturated rings. The number of hydrogen-bond donors (Lipinski definition) is 0. The predicted molar refractivity (Wildman–Crippen MR) is 101 cm³/mol. The van der Waals surface area contributed by atoms with E-state index in [4.69, 9.17) is 11.6 Å². The fourth-order valence-electron chi connectivity index (χ4n) is 2.89. The number of allylic oxidation sites excluding steroid dienone is 2. The maximum absolute atomic E-state index is 13.2. The van der Waals surface area contributed by atoms with Gasteiger partial charge in [0.05, 0.1) is 5.41 Å². The molecule has 0 aliphatic carbocycles. The molecule has 0 spiro atoms. The van der Waals surface area contributed by atoms with Crippen molar-refractivity contribution < 1.29 is 13.2 Å². The molecule has 1 aromatic rings. The largest absolute Gasteiger partial charge is 0.394 e. The van der Waals surface area contributed by atoms with E-state index >= 15 is 0 Å². The molecule has 0 saturated heterocycles. The van der Waals surface area contributed by atoms with Gasteiger partial charge in [-0.15, -0.1) is 0 Å². The van der Waals surface area contributed by atoms with Gasteiger partial charge in [0.15, 0.2) is 0 Å². The van der Waals surface area contributed by atoms with Crippen molar-refractivity contribution in [1.82, 2.24) is 9.88 Å². The van der Waals surface area contributed by atoms with Gasteiger partial charge in [0, 0.05) is 53.8 Å².